The lowest BCUT2D eigenvalue weighted by Gasteiger charge is -2.70. The summed E-state index contributed by atoms with van der Waals surface area (Å²) in [6.45, 7) is 4.42. The summed E-state index contributed by atoms with van der Waals surface area (Å²) >= 11 is 0. The molecule has 1 aromatic carbocycles. The minimum absolute atomic E-state index is 0.0439. The number of hydrogen-bond acceptors (Lipinski definition) is 4. The van der Waals surface area contributed by atoms with Crippen LogP contribution in [0.2, 0.25) is 0 Å². The maximum Gasteiger partial charge on any atom is 0.394 e. The standard InChI is InChI=1S/C18H20F3N3O3S/c1-15(2,3)28(26,27)24-13-6-11(7-22)4-5-12(13)14(25)23-17-8-16(9-17,10-17)18(19,20)21/h4-6,24H,8-10H2,1-3H3,(H,23,25). The first-order valence-corrected chi connectivity index (χ1v) is 10.1. The lowest BCUT2D eigenvalue weighted by atomic mass is 9.39. The summed E-state index contributed by atoms with van der Waals surface area (Å²) in [5, 5.41) is 11.7. The Morgan fingerprint density at radius 3 is 2.21 bits per heavy atom. The highest BCUT2D eigenvalue weighted by Gasteiger charge is 2.79. The quantitative estimate of drug-likeness (QED) is 0.788. The van der Waals surface area contributed by atoms with E-state index >= 15 is 0 Å². The summed E-state index contributed by atoms with van der Waals surface area (Å²) < 4.78 is 65.0. The molecule has 0 atom stereocenters. The minimum Gasteiger partial charge on any atom is -0.346 e. The van der Waals surface area contributed by atoms with Gasteiger partial charge in [-0.15, -0.1) is 0 Å². The van der Waals surface area contributed by atoms with Crippen molar-refractivity contribution in [2.45, 2.75) is 56.5 Å². The van der Waals surface area contributed by atoms with Crippen LogP contribution in [0.5, 0.6) is 0 Å². The van der Waals surface area contributed by atoms with Crippen LogP contribution in [-0.4, -0.2) is 30.8 Å². The molecule has 152 valence electrons. The first kappa shape index (κ1) is 20.5. The Labute approximate surface area is 161 Å². The molecule has 2 bridgehead atoms. The monoisotopic (exact) mass is 415 g/mol. The van der Waals surface area contributed by atoms with Crippen molar-refractivity contribution < 1.29 is 26.4 Å². The molecule has 2 N–H and O–H groups in total. The van der Waals surface area contributed by atoms with Gasteiger partial charge in [-0.1, -0.05) is 0 Å². The largest absolute Gasteiger partial charge is 0.394 e. The predicted octanol–water partition coefficient (Wildman–Crippen LogP) is 3.31. The molecule has 0 unspecified atom stereocenters. The number of nitrogens with zero attached hydrogens (tertiary/aromatic N) is 1. The van der Waals surface area contributed by atoms with Gasteiger partial charge in [0.05, 0.1) is 33.0 Å². The van der Waals surface area contributed by atoms with E-state index in [1.165, 1.54) is 39.0 Å². The first-order chi connectivity index (χ1) is 12.6. The van der Waals surface area contributed by atoms with E-state index in [2.05, 4.69) is 10.0 Å². The number of anilines is 1. The molecule has 1 aromatic rings. The molecule has 3 aliphatic rings. The average molecular weight is 415 g/mol. The zero-order valence-corrected chi connectivity index (χ0v) is 16.4. The summed E-state index contributed by atoms with van der Waals surface area (Å²) in [7, 11) is -3.87. The molecule has 0 aliphatic heterocycles. The van der Waals surface area contributed by atoms with Crippen LogP contribution in [0, 0.1) is 16.7 Å². The van der Waals surface area contributed by atoms with Crippen molar-refractivity contribution >= 4 is 21.6 Å². The summed E-state index contributed by atoms with van der Waals surface area (Å²) in [6.07, 6.45) is -4.81. The number of halogens is 3. The van der Waals surface area contributed by atoms with Crippen LogP contribution in [0.3, 0.4) is 0 Å². The number of carbonyl (C=O) groups excluding carboxylic acids is 1. The van der Waals surface area contributed by atoms with Gasteiger partial charge >= 0.3 is 6.18 Å². The Kier molecular flexibility index (Phi) is 4.28. The fourth-order valence-electron chi connectivity index (χ4n) is 3.72. The minimum atomic E-state index is -4.29. The first-order valence-electron chi connectivity index (χ1n) is 8.60. The van der Waals surface area contributed by atoms with Gasteiger partial charge in [0.1, 0.15) is 0 Å². The highest BCUT2D eigenvalue weighted by atomic mass is 32.2. The van der Waals surface area contributed by atoms with Crippen molar-refractivity contribution in [3.05, 3.63) is 29.3 Å². The zero-order valence-electron chi connectivity index (χ0n) is 15.6. The van der Waals surface area contributed by atoms with Gasteiger partial charge in [0.15, 0.2) is 0 Å². The van der Waals surface area contributed by atoms with Gasteiger partial charge in [0, 0.05) is 5.54 Å². The molecule has 0 aromatic heterocycles. The fourth-order valence-corrected chi connectivity index (χ4v) is 4.49. The third-order valence-electron chi connectivity index (χ3n) is 5.45. The molecule has 4 rings (SSSR count). The molecule has 0 radical (unpaired) electrons. The van der Waals surface area contributed by atoms with Crippen molar-refractivity contribution in [1.29, 1.82) is 5.26 Å². The van der Waals surface area contributed by atoms with Crippen molar-refractivity contribution in [3.63, 3.8) is 0 Å². The maximum atomic E-state index is 13.0. The number of rotatable bonds is 4. The number of hydrogen-bond donors (Lipinski definition) is 2. The molecule has 3 saturated carbocycles. The fraction of sp³-hybridized carbons (Fsp3) is 0.556. The van der Waals surface area contributed by atoms with Crippen molar-refractivity contribution in [1.82, 2.24) is 5.32 Å². The third-order valence-corrected chi connectivity index (χ3v) is 7.56. The van der Waals surface area contributed by atoms with Gasteiger partial charge in [0.25, 0.3) is 5.91 Å². The second-order valence-electron chi connectivity index (χ2n) is 8.63. The van der Waals surface area contributed by atoms with E-state index in [4.69, 9.17) is 5.26 Å². The number of sulfonamides is 1. The lowest BCUT2D eigenvalue weighted by Crippen LogP contribution is -2.78. The third kappa shape index (κ3) is 3.11. The number of nitriles is 1. The van der Waals surface area contributed by atoms with E-state index in [1.807, 2.05) is 6.07 Å². The molecule has 0 spiro atoms. The van der Waals surface area contributed by atoms with E-state index in [9.17, 15) is 26.4 Å². The second-order valence-corrected chi connectivity index (χ2v) is 11.1. The Hall–Kier alpha value is -2.28. The van der Waals surface area contributed by atoms with E-state index in [1.54, 1.807) is 0 Å². The molecule has 3 fully saturated rings. The highest BCUT2D eigenvalue weighted by molar-refractivity contribution is 7.94. The SMILES string of the molecule is CC(C)(C)S(=O)(=O)Nc1cc(C#N)ccc1C(=O)NC12CC(C(F)(F)F)(C1)C2. The second kappa shape index (κ2) is 5.86. The number of alkyl halides is 3. The van der Waals surface area contributed by atoms with Gasteiger partial charge in [-0.05, 0) is 58.2 Å². The van der Waals surface area contributed by atoms with Gasteiger partial charge < -0.3 is 5.32 Å². The lowest BCUT2D eigenvalue weighted by molar-refractivity contribution is -0.336. The van der Waals surface area contributed by atoms with Crippen LogP contribution in [0.25, 0.3) is 0 Å². The Bertz CT molecular complexity index is 968. The van der Waals surface area contributed by atoms with Gasteiger partial charge in [-0.3, -0.25) is 9.52 Å². The summed E-state index contributed by atoms with van der Waals surface area (Å²) in [4.78, 5) is 12.7. The summed E-state index contributed by atoms with van der Waals surface area (Å²) in [6, 6.07) is 5.74. The van der Waals surface area contributed by atoms with E-state index in [0.29, 0.717) is 0 Å². The molecule has 1 amide bonds. The molecular formula is C18H20F3N3O3S. The predicted molar refractivity (Wildman–Crippen MR) is 96.0 cm³/mol. The van der Waals surface area contributed by atoms with E-state index in [0.717, 1.165) is 0 Å². The molecule has 0 heterocycles. The van der Waals surface area contributed by atoms with Crippen LogP contribution in [0.15, 0.2) is 18.2 Å². The van der Waals surface area contributed by atoms with Gasteiger partial charge in [-0.25, -0.2) is 8.42 Å². The highest BCUT2D eigenvalue weighted by Crippen LogP contribution is 2.73. The molecular weight excluding hydrogens is 395 g/mol. The van der Waals surface area contributed by atoms with Crippen LogP contribution in [0.1, 0.15) is 56.0 Å². The summed E-state index contributed by atoms with van der Waals surface area (Å²) in [5.74, 6) is -0.674. The van der Waals surface area contributed by atoms with Crippen molar-refractivity contribution in [3.8, 4) is 6.07 Å². The Morgan fingerprint density at radius 2 is 1.75 bits per heavy atom. The number of nitrogens with one attached hydrogen (secondary N) is 2. The topological polar surface area (TPSA) is 99.1 Å². The molecule has 6 nitrogen and oxygen atoms in total. The number of carbonyl (C=O) groups is 1. The summed E-state index contributed by atoms with van der Waals surface area (Å²) in [5.41, 5.74) is -2.59. The zero-order chi connectivity index (χ0) is 21.2. The molecule has 28 heavy (non-hydrogen) atoms. The van der Waals surface area contributed by atoms with Gasteiger partial charge in [-0.2, -0.15) is 18.4 Å². The van der Waals surface area contributed by atoms with Gasteiger partial charge in [0.2, 0.25) is 10.0 Å². The average Bonchev–Trinajstić information content (AvgIpc) is 2.46. The molecule has 0 saturated heterocycles. The number of benzene rings is 1. The Balaban J connectivity index is 1.83. The molecule has 3 aliphatic carbocycles. The van der Waals surface area contributed by atoms with Crippen LogP contribution in [-0.2, 0) is 10.0 Å². The van der Waals surface area contributed by atoms with Crippen LogP contribution < -0.4 is 10.0 Å². The van der Waals surface area contributed by atoms with Crippen molar-refractivity contribution in [2.24, 2.45) is 5.41 Å². The normalized spacial score (nSPS) is 26.5. The van der Waals surface area contributed by atoms with E-state index in [-0.39, 0.29) is 36.1 Å². The smallest absolute Gasteiger partial charge is 0.346 e. The van der Waals surface area contributed by atoms with Crippen molar-refractivity contribution in [2.75, 3.05) is 4.72 Å². The Morgan fingerprint density at radius 1 is 1.18 bits per heavy atom. The van der Waals surface area contributed by atoms with E-state index < -0.39 is 37.8 Å². The molecule has 10 heteroatoms. The van der Waals surface area contributed by atoms with Crippen LogP contribution in [0.4, 0.5) is 18.9 Å². The van der Waals surface area contributed by atoms with Crippen LogP contribution >= 0.6 is 0 Å². The number of amides is 1. The maximum absolute atomic E-state index is 13.0.